The maximum Gasteiger partial charge on any atom is 0.419 e. The molecule has 2 atom stereocenters. The molecule has 1 N–H and O–H groups in total. The zero-order valence-corrected chi connectivity index (χ0v) is 21.8. The van der Waals surface area contributed by atoms with Gasteiger partial charge in [0.1, 0.15) is 12.4 Å². The molecule has 200 valence electrons. The number of aromatic nitrogens is 2. The molecular formula is C26H32ClF3N6O. The fraction of sp³-hybridized carbons (Fsp3) is 0.538. The highest BCUT2D eigenvalue weighted by atomic mass is 35.5. The number of nitrogens with zero attached hydrogens (tertiary/aromatic N) is 5. The van der Waals surface area contributed by atoms with Gasteiger partial charge in [-0.05, 0) is 37.4 Å². The molecule has 1 saturated heterocycles. The van der Waals surface area contributed by atoms with Crippen molar-refractivity contribution in [1.82, 2.24) is 20.2 Å². The summed E-state index contributed by atoms with van der Waals surface area (Å²) in [4.78, 5) is 15.7. The van der Waals surface area contributed by atoms with Crippen molar-refractivity contribution in [2.75, 3.05) is 49.1 Å². The third-order valence-electron chi connectivity index (χ3n) is 7.33. The predicted molar refractivity (Wildman–Crippen MR) is 138 cm³/mol. The number of hydrogen-bond acceptors (Lipinski definition) is 7. The van der Waals surface area contributed by atoms with Crippen LogP contribution < -0.4 is 19.9 Å². The first-order chi connectivity index (χ1) is 17.7. The van der Waals surface area contributed by atoms with Crippen LogP contribution in [0.3, 0.4) is 0 Å². The van der Waals surface area contributed by atoms with Crippen molar-refractivity contribution < 1.29 is 17.9 Å². The second-order valence-corrected chi connectivity index (χ2v) is 10.3. The Morgan fingerprint density at radius 1 is 1.22 bits per heavy atom. The number of rotatable bonds is 6. The molecule has 5 rings (SSSR count). The molecule has 4 heterocycles. The van der Waals surface area contributed by atoms with Crippen LogP contribution >= 0.6 is 11.6 Å². The molecule has 37 heavy (non-hydrogen) atoms. The van der Waals surface area contributed by atoms with Crippen LogP contribution in [0.4, 0.5) is 24.7 Å². The Kier molecular flexibility index (Phi) is 7.40. The molecular weight excluding hydrogens is 505 g/mol. The first kappa shape index (κ1) is 25.9. The number of nitrogens with one attached hydrogen (secondary N) is 1. The minimum Gasteiger partial charge on any atom is -0.462 e. The van der Waals surface area contributed by atoms with Crippen molar-refractivity contribution >= 4 is 23.1 Å². The standard InChI is InChI=1S/C26H32ClF3N6O/c1-3-34-14-17(2)13-18(34)16-37-25-32-21-15-36(22-6-4-5-20(27)23(22)26(28,29)30)10-7-19(21)24(33-25)35-11-8-31-9-12-35/h4-6,8,11,17-18,31H,3,7,9-10,12-16H2,1-2H3/t17-,18+/m1/s1. The van der Waals surface area contributed by atoms with E-state index in [1.807, 2.05) is 12.4 Å². The molecule has 0 unspecified atom stereocenters. The van der Waals surface area contributed by atoms with E-state index in [9.17, 15) is 13.2 Å². The summed E-state index contributed by atoms with van der Waals surface area (Å²) in [7, 11) is 0. The molecule has 3 aliphatic heterocycles. The first-order valence-corrected chi connectivity index (χ1v) is 13.2. The fourth-order valence-corrected chi connectivity index (χ4v) is 5.86. The molecule has 0 amide bonds. The Morgan fingerprint density at radius 2 is 2.05 bits per heavy atom. The maximum atomic E-state index is 13.9. The van der Waals surface area contributed by atoms with Gasteiger partial charge in [-0.1, -0.05) is 31.5 Å². The molecule has 1 aromatic heterocycles. The molecule has 11 heteroatoms. The van der Waals surface area contributed by atoms with Crippen LogP contribution in [0.15, 0.2) is 30.6 Å². The lowest BCUT2D eigenvalue weighted by molar-refractivity contribution is -0.137. The molecule has 0 radical (unpaired) electrons. The minimum atomic E-state index is -4.56. The fourth-order valence-electron chi connectivity index (χ4n) is 5.58. The molecule has 0 bridgehead atoms. The Balaban J connectivity index is 1.46. The van der Waals surface area contributed by atoms with Gasteiger partial charge in [-0.2, -0.15) is 23.1 Å². The topological polar surface area (TPSA) is 56.8 Å². The number of ether oxygens (including phenoxy) is 1. The number of anilines is 2. The molecule has 0 aliphatic carbocycles. The van der Waals surface area contributed by atoms with Gasteiger partial charge in [0.05, 0.1) is 28.5 Å². The third kappa shape index (κ3) is 5.45. The van der Waals surface area contributed by atoms with Crippen molar-refractivity contribution in [3.8, 4) is 6.01 Å². The number of halogens is 4. The van der Waals surface area contributed by atoms with Crippen LogP contribution in [0, 0.1) is 5.92 Å². The summed E-state index contributed by atoms with van der Waals surface area (Å²) in [5.74, 6) is 1.36. The Morgan fingerprint density at radius 3 is 2.78 bits per heavy atom. The van der Waals surface area contributed by atoms with Gasteiger partial charge >= 0.3 is 12.2 Å². The van der Waals surface area contributed by atoms with Crippen molar-refractivity contribution in [2.24, 2.45) is 5.92 Å². The highest BCUT2D eigenvalue weighted by molar-refractivity contribution is 6.31. The molecule has 1 aromatic carbocycles. The van der Waals surface area contributed by atoms with Crippen molar-refractivity contribution in [3.05, 3.63) is 52.4 Å². The van der Waals surface area contributed by atoms with Gasteiger partial charge in [0.25, 0.3) is 0 Å². The summed E-state index contributed by atoms with van der Waals surface area (Å²) in [6.45, 7) is 8.96. The summed E-state index contributed by atoms with van der Waals surface area (Å²) in [5, 5.41) is 2.88. The number of alkyl halides is 3. The van der Waals surface area contributed by atoms with Crippen molar-refractivity contribution in [2.45, 2.75) is 45.5 Å². The van der Waals surface area contributed by atoms with Gasteiger partial charge in [-0.25, -0.2) is 0 Å². The zero-order chi connectivity index (χ0) is 26.2. The molecule has 1 fully saturated rings. The smallest absolute Gasteiger partial charge is 0.419 e. The second-order valence-electron chi connectivity index (χ2n) is 9.91. The molecule has 7 nitrogen and oxygen atoms in total. The van der Waals surface area contributed by atoms with E-state index in [1.54, 1.807) is 11.0 Å². The van der Waals surface area contributed by atoms with Gasteiger partial charge in [0.15, 0.2) is 0 Å². The van der Waals surface area contributed by atoms with Crippen LogP contribution in [0.25, 0.3) is 0 Å². The van der Waals surface area contributed by atoms with E-state index in [0.717, 1.165) is 44.0 Å². The monoisotopic (exact) mass is 536 g/mol. The minimum absolute atomic E-state index is 0.0638. The number of likely N-dealkylation sites (tertiary alicyclic amines) is 1. The van der Waals surface area contributed by atoms with Crippen LogP contribution in [0.1, 0.15) is 37.1 Å². The van der Waals surface area contributed by atoms with Gasteiger partial charge in [-0.3, -0.25) is 4.90 Å². The van der Waals surface area contributed by atoms with E-state index in [0.29, 0.717) is 37.2 Å². The SMILES string of the molecule is CCN1C[C@H](C)C[C@H]1COc1nc2c(c(N3C=CNCC3)n1)CCN(c1cccc(Cl)c1C(F)(F)F)C2. The van der Waals surface area contributed by atoms with Crippen LogP contribution in [-0.4, -0.2) is 60.2 Å². The quantitative estimate of drug-likeness (QED) is 0.574. The molecule has 3 aliphatic rings. The van der Waals surface area contributed by atoms with Crippen LogP contribution in [-0.2, 0) is 19.1 Å². The number of likely N-dealkylation sites (N-methyl/N-ethyl adjacent to an activating group) is 1. The first-order valence-electron chi connectivity index (χ1n) is 12.8. The number of hydrogen-bond donors (Lipinski definition) is 1. The predicted octanol–water partition coefficient (Wildman–Crippen LogP) is 4.70. The summed E-state index contributed by atoms with van der Waals surface area (Å²) >= 11 is 6.01. The zero-order valence-electron chi connectivity index (χ0n) is 21.1. The summed E-state index contributed by atoms with van der Waals surface area (Å²) in [6, 6.07) is 4.85. The largest absolute Gasteiger partial charge is 0.462 e. The van der Waals surface area contributed by atoms with Gasteiger partial charge in [0.2, 0.25) is 0 Å². The normalized spacial score (nSPS) is 22.2. The molecule has 0 saturated carbocycles. The van der Waals surface area contributed by atoms with E-state index < -0.39 is 11.7 Å². The van der Waals surface area contributed by atoms with Crippen molar-refractivity contribution in [3.63, 3.8) is 0 Å². The Bertz CT molecular complexity index is 1160. The van der Waals surface area contributed by atoms with Gasteiger partial charge in [-0.15, -0.1) is 0 Å². The van der Waals surface area contributed by atoms with Gasteiger partial charge in [0, 0.05) is 50.2 Å². The van der Waals surface area contributed by atoms with E-state index in [-0.39, 0.29) is 23.3 Å². The van der Waals surface area contributed by atoms with E-state index in [1.165, 1.54) is 12.1 Å². The highest BCUT2D eigenvalue weighted by Gasteiger charge is 2.38. The average Bonchev–Trinajstić information content (AvgIpc) is 3.25. The van der Waals surface area contributed by atoms with Crippen LogP contribution in [0.2, 0.25) is 5.02 Å². The van der Waals surface area contributed by atoms with E-state index >= 15 is 0 Å². The maximum absolute atomic E-state index is 13.9. The lowest BCUT2D eigenvalue weighted by Crippen LogP contribution is -2.37. The van der Waals surface area contributed by atoms with E-state index in [2.05, 4.69) is 29.0 Å². The van der Waals surface area contributed by atoms with Crippen LogP contribution in [0.5, 0.6) is 6.01 Å². The summed E-state index contributed by atoms with van der Waals surface area (Å²) < 4.78 is 47.8. The summed E-state index contributed by atoms with van der Waals surface area (Å²) in [6.07, 6.45) is 0.798. The van der Waals surface area contributed by atoms with E-state index in [4.69, 9.17) is 26.3 Å². The van der Waals surface area contributed by atoms with Gasteiger partial charge < -0.3 is 19.9 Å². The Hall–Kier alpha value is -2.72. The average molecular weight is 537 g/mol. The lowest BCUT2D eigenvalue weighted by Gasteiger charge is -2.34. The third-order valence-corrected chi connectivity index (χ3v) is 7.64. The second kappa shape index (κ2) is 10.6. The number of benzene rings is 1. The molecule has 2 aromatic rings. The summed E-state index contributed by atoms with van der Waals surface area (Å²) in [5.41, 5.74) is 0.869. The Labute approximate surface area is 220 Å². The van der Waals surface area contributed by atoms with Crippen molar-refractivity contribution in [1.29, 1.82) is 0 Å². The highest BCUT2D eigenvalue weighted by Crippen LogP contribution is 2.42. The lowest BCUT2D eigenvalue weighted by atomic mass is 10.0. The number of fused-ring (bicyclic) bond motifs is 1. The molecule has 0 spiro atoms.